The van der Waals surface area contributed by atoms with Crippen LogP contribution in [0.2, 0.25) is 0 Å². The first kappa shape index (κ1) is 9.98. The second kappa shape index (κ2) is 4.22. The highest BCUT2D eigenvalue weighted by molar-refractivity contribution is 6.59. The Morgan fingerprint density at radius 3 is 2.77 bits per heavy atom. The van der Waals surface area contributed by atoms with E-state index in [1.54, 1.807) is 6.07 Å². The molecule has 0 spiro atoms. The van der Waals surface area contributed by atoms with E-state index < -0.39 is 7.12 Å². The van der Waals surface area contributed by atoms with Crippen LogP contribution in [0.4, 0.5) is 0 Å². The summed E-state index contributed by atoms with van der Waals surface area (Å²) < 4.78 is 4.93. The van der Waals surface area contributed by atoms with Gasteiger partial charge in [0.1, 0.15) is 5.75 Å². The monoisotopic (exact) mass is 182 g/mol. The molecule has 0 aliphatic rings. The molecule has 0 atom stereocenters. The Labute approximate surface area is 76.3 Å². The minimum absolute atomic E-state index is 0.236. The average Bonchev–Trinajstić information content (AvgIpc) is 2.16. The third-order valence-corrected chi connectivity index (χ3v) is 1.66. The number of pyridine rings is 1. The smallest absolute Gasteiger partial charge is 0.493 e. The quantitative estimate of drug-likeness (QED) is 0.481. The molecule has 1 rings (SSSR count). The van der Waals surface area contributed by atoms with Gasteiger partial charge in [0.05, 0.1) is 12.8 Å². The summed E-state index contributed by atoms with van der Waals surface area (Å²) in [5.41, 5.74) is 6.23. The zero-order chi connectivity index (χ0) is 9.84. The molecule has 0 fully saturated rings. The van der Waals surface area contributed by atoms with Crippen LogP contribution in [0.5, 0.6) is 5.75 Å². The summed E-state index contributed by atoms with van der Waals surface area (Å²) in [6.07, 6.45) is 1.34. The van der Waals surface area contributed by atoms with Crippen molar-refractivity contribution in [2.24, 2.45) is 5.73 Å². The van der Waals surface area contributed by atoms with Crippen molar-refractivity contribution in [2.45, 2.75) is 6.54 Å². The molecule has 0 saturated carbocycles. The average molecular weight is 182 g/mol. The highest BCUT2D eigenvalue weighted by atomic mass is 16.5. The van der Waals surface area contributed by atoms with Crippen molar-refractivity contribution in [3.63, 3.8) is 0 Å². The molecule has 6 heteroatoms. The summed E-state index contributed by atoms with van der Waals surface area (Å²) >= 11 is 0. The van der Waals surface area contributed by atoms with Crippen molar-refractivity contribution in [3.05, 3.63) is 18.0 Å². The minimum Gasteiger partial charge on any atom is -0.497 e. The van der Waals surface area contributed by atoms with Crippen LogP contribution in [0.3, 0.4) is 0 Å². The molecule has 1 heterocycles. The van der Waals surface area contributed by atoms with E-state index in [1.807, 2.05) is 0 Å². The summed E-state index contributed by atoms with van der Waals surface area (Å²) in [6.45, 7) is 0.290. The number of hydrogen-bond acceptors (Lipinski definition) is 5. The summed E-state index contributed by atoms with van der Waals surface area (Å²) in [4.78, 5) is 3.90. The third-order valence-electron chi connectivity index (χ3n) is 1.66. The van der Waals surface area contributed by atoms with Gasteiger partial charge in [0.15, 0.2) is 0 Å². The van der Waals surface area contributed by atoms with Gasteiger partial charge in [0.2, 0.25) is 0 Å². The van der Waals surface area contributed by atoms with Gasteiger partial charge in [-0.2, -0.15) is 0 Å². The molecular weight excluding hydrogens is 171 g/mol. The molecule has 0 aromatic carbocycles. The predicted octanol–water partition coefficient (Wildman–Crippen LogP) is -1.77. The van der Waals surface area contributed by atoms with Gasteiger partial charge in [-0.15, -0.1) is 0 Å². The lowest BCUT2D eigenvalue weighted by Crippen LogP contribution is -2.32. The van der Waals surface area contributed by atoms with Gasteiger partial charge in [-0.25, -0.2) is 0 Å². The van der Waals surface area contributed by atoms with E-state index in [0.717, 1.165) is 0 Å². The summed E-state index contributed by atoms with van der Waals surface area (Å²) in [7, 11) is -0.129. The van der Waals surface area contributed by atoms with Crippen molar-refractivity contribution in [1.82, 2.24) is 4.98 Å². The van der Waals surface area contributed by atoms with E-state index >= 15 is 0 Å². The number of methoxy groups -OCH3 is 1. The fourth-order valence-corrected chi connectivity index (χ4v) is 0.970. The van der Waals surface area contributed by atoms with Crippen molar-refractivity contribution < 1.29 is 14.8 Å². The van der Waals surface area contributed by atoms with Crippen LogP contribution in [0.25, 0.3) is 0 Å². The van der Waals surface area contributed by atoms with E-state index in [9.17, 15) is 0 Å². The molecule has 5 nitrogen and oxygen atoms in total. The number of aromatic nitrogens is 1. The van der Waals surface area contributed by atoms with Crippen molar-refractivity contribution in [2.75, 3.05) is 7.11 Å². The molecule has 1 aromatic heterocycles. The predicted molar refractivity (Wildman–Crippen MR) is 48.5 cm³/mol. The normalized spacial score (nSPS) is 9.85. The standard InChI is InChI=1S/C7H11BN2O3/c1-13-7-2-5(3-9)10-4-6(7)8(11)12/h2,4,11-12H,3,9H2,1H3. The second-order valence-corrected chi connectivity index (χ2v) is 2.50. The topological polar surface area (TPSA) is 88.6 Å². The highest BCUT2D eigenvalue weighted by Gasteiger charge is 2.17. The molecule has 0 aliphatic heterocycles. The lowest BCUT2D eigenvalue weighted by atomic mass is 9.81. The Balaban J connectivity index is 3.08. The number of nitrogens with zero attached hydrogens (tertiary/aromatic N) is 1. The van der Waals surface area contributed by atoms with Crippen LogP contribution in [-0.4, -0.2) is 29.3 Å². The molecule has 0 aliphatic carbocycles. The summed E-state index contributed by atoms with van der Waals surface area (Å²) in [5, 5.41) is 17.8. The van der Waals surface area contributed by atoms with E-state index in [1.165, 1.54) is 13.3 Å². The van der Waals surface area contributed by atoms with Crippen LogP contribution < -0.4 is 15.9 Å². The molecule has 0 amide bonds. The molecule has 0 unspecified atom stereocenters. The SMILES string of the molecule is COc1cc(CN)ncc1B(O)O. The summed E-state index contributed by atoms with van der Waals surface area (Å²) in [5.74, 6) is 0.380. The van der Waals surface area contributed by atoms with Gasteiger partial charge in [0, 0.05) is 24.3 Å². The maximum Gasteiger partial charge on any atom is 0.493 e. The molecule has 13 heavy (non-hydrogen) atoms. The Morgan fingerprint density at radius 1 is 1.62 bits per heavy atom. The largest absolute Gasteiger partial charge is 0.497 e. The molecule has 4 N–H and O–H groups in total. The molecule has 0 saturated heterocycles. The Morgan fingerprint density at radius 2 is 2.31 bits per heavy atom. The van der Waals surface area contributed by atoms with Gasteiger partial charge in [-0.3, -0.25) is 4.98 Å². The second-order valence-electron chi connectivity index (χ2n) is 2.50. The Kier molecular flexibility index (Phi) is 3.24. The molecule has 1 aromatic rings. The van der Waals surface area contributed by atoms with Gasteiger partial charge in [0.25, 0.3) is 0 Å². The maximum atomic E-state index is 8.90. The van der Waals surface area contributed by atoms with E-state index in [0.29, 0.717) is 11.4 Å². The maximum absolute atomic E-state index is 8.90. The van der Waals surface area contributed by atoms with Crippen molar-refractivity contribution in [3.8, 4) is 5.75 Å². The van der Waals surface area contributed by atoms with Crippen molar-refractivity contribution in [1.29, 1.82) is 0 Å². The fourth-order valence-electron chi connectivity index (χ4n) is 0.970. The van der Waals surface area contributed by atoms with Gasteiger partial charge in [-0.1, -0.05) is 0 Å². The van der Waals surface area contributed by atoms with Crippen molar-refractivity contribution >= 4 is 12.6 Å². The zero-order valence-electron chi connectivity index (χ0n) is 7.27. The van der Waals surface area contributed by atoms with E-state index in [2.05, 4.69) is 4.98 Å². The molecular formula is C7H11BN2O3. The van der Waals surface area contributed by atoms with Gasteiger partial charge < -0.3 is 20.5 Å². The molecule has 0 radical (unpaired) electrons. The molecule has 70 valence electrons. The first-order chi connectivity index (χ1) is 6.19. The Hall–Kier alpha value is -1.11. The van der Waals surface area contributed by atoms with Crippen LogP contribution in [0.1, 0.15) is 5.69 Å². The number of ether oxygens (including phenoxy) is 1. The van der Waals surface area contributed by atoms with Gasteiger partial charge >= 0.3 is 7.12 Å². The number of rotatable bonds is 3. The third kappa shape index (κ3) is 2.18. The van der Waals surface area contributed by atoms with E-state index in [-0.39, 0.29) is 12.0 Å². The minimum atomic E-state index is -1.57. The van der Waals surface area contributed by atoms with Crippen LogP contribution in [0, 0.1) is 0 Å². The van der Waals surface area contributed by atoms with Crippen LogP contribution >= 0.6 is 0 Å². The fraction of sp³-hybridized carbons (Fsp3) is 0.286. The number of hydrogen-bond donors (Lipinski definition) is 3. The number of nitrogens with two attached hydrogens (primary N) is 1. The van der Waals surface area contributed by atoms with Crippen LogP contribution in [-0.2, 0) is 6.54 Å². The van der Waals surface area contributed by atoms with Gasteiger partial charge in [-0.05, 0) is 0 Å². The molecule has 0 bridgehead atoms. The Bertz CT molecular complexity index is 293. The highest BCUT2D eigenvalue weighted by Crippen LogP contribution is 2.07. The summed E-state index contributed by atoms with van der Waals surface area (Å²) in [6, 6.07) is 1.58. The first-order valence-corrected chi connectivity index (χ1v) is 3.78. The van der Waals surface area contributed by atoms with Crippen LogP contribution in [0.15, 0.2) is 12.3 Å². The van der Waals surface area contributed by atoms with E-state index in [4.69, 9.17) is 20.5 Å². The lowest BCUT2D eigenvalue weighted by molar-refractivity contribution is 0.402. The zero-order valence-corrected chi connectivity index (χ0v) is 7.27. The lowest BCUT2D eigenvalue weighted by Gasteiger charge is -2.07. The first-order valence-electron chi connectivity index (χ1n) is 3.78.